The van der Waals surface area contributed by atoms with E-state index in [9.17, 15) is 4.79 Å². The molecular weight excluding hydrogens is 288 g/mol. The van der Waals surface area contributed by atoms with E-state index < -0.39 is 0 Å². The van der Waals surface area contributed by atoms with Crippen LogP contribution in [0.3, 0.4) is 0 Å². The second-order valence-corrected chi connectivity index (χ2v) is 5.04. The molecule has 0 unspecified atom stereocenters. The van der Waals surface area contributed by atoms with Crippen LogP contribution in [0.4, 0.5) is 0 Å². The average Bonchev–Trinajstić information content (AvgIpc) is 2.93. The minimum absolute atomic E-state index is 0.0505. The molecular formula is C14H26N4O4. The molecule has 1 N–H and O–H groups in total. The van der Waals surface area contributed by atoms with E-state index in [-0.39, 0.29) is 5.91 Å². The predicted octanol–water partition coefficient (Wildman–Crippen LogP) is 0.545. The number of rotatable bonds is 12. The number of amides is 1. The topological polar surface area (TPSA) is 87.5 Å². The Hall–Kier alpha value is -1.51. The molecule has 0 aliphatic rings. The van der Waals surface area contributed by atoms with E-state index in [4.69, 9.17) is 14.2 Å². The van der Waals surface area contributed by atoms with Gasteiger partial charge in [-0.2, -0.15) is 0 Å². The molecule has 0 fully saturated rings. The highest BCUT2D eigenvalue weighted by Crippen LogP contribution is 2.03. The van der Waals surface area contributed by atoms with Crippen LogP contribution in [0, 0.1) is 0 Å². The molecule has 1 amide bonds. The summed E-state index contributed by atoms with van der Waals surface area (Å²) in [6.45, 7) is 9.04. The Labute approximate surface area is 131 Å². The zero-order valence-electron chi connectivity index (χ0n) is 13.6. The van der Waals surface area contributed by atoms with Gasteiger partial charge in [-0.15, -0.1) is 5.10 Å². The van der Waals surface area contributed by atoms with E-state index in [1.54, 1.807) is 4.68 Å². The minimum Gasteiger partial charge on any atom is -0.377 e. The average molecular weight is 314 g/mol. The van der Waals surface area contributed by atoms with Crippen molar-refractivity contribution >= 4 is 5.91 Å². The van der Waals surface area contributed by atoms with E-state index in [0.29, 0.717) is 52.2 Å². The van der Waals surface area contributed by atoms with Crippen molar-refractivity contribution in [1.82, 2.24) is 20.3 Å². The zero-order chi connectivity index (χ0) is 16.2. The van der Waals surface area contributed by atoms with Crippen LogP contribution in [0.1, 0.15) is 32.5 Å². The normalized spacial score (nSPS) is 11.1. The van der Waals surface area contributed by atoms with Crippen LogP contribution in [0.5, 0.6) is 0 Å². The minimum atomic E-state index is -0.0505. The summed E-state index contributed by atoms with van der Waals surface area (Å²) < 4.78 is 17.9. The highest BCUT2D eigenvalue weighted by molar-refractivity contribution is 5.72. The second-order valence-electron chi connectivity index (χ2n) is 5.04. The van der Waals surface area contributed by atoms with Gasteiger partial charge < -0.3 is 19.5 Å². The lowest BCUT2D eigenvalue weighted by Gasteiger charge is -2.06. The SMILES string of the molecule is CC(=O)NCCOCCOCCOCc1cn(C(C)C)nn1. The fourth-order valence-electron chi connectivity index (χ4n) is 1.55. The van der Waals surface area contributed by atoms with Crippen LogP contribution in [-0.2, 0) is 25.6 Å². The van der Waals surface area contributed by atoms with Crippen molar-refractivity contribution in [1.29, 1.82) is 0 Å². The molecule has 0 spiro atoms. The summed E-state index contributed by atoms with van der Waals surface area (Å²) in [6.07, 6.45) is 1.88. The van der Waals surface area contributed by atoms with Crippen LogP contribution in [-0.4, -0.2) is 60.5 Å². The van der Waals surface area contributed by atoms with E-state index in [1.807, 2.05) is 20.0 Å². The number of hydrogen-bond acceptors (Lipinski definition) is 6. The van der Waals surface area contributed by atoms with E-state index in [2.05, 4.69) is 15.6 Å². The third-order valence-electron chi connectivity index (χ3n) is 2.70. The Morgan fingerprint density at radius 3 is 2.41 bits per heavy atom. The first-order valence-electron chi connectivity index (χ1n) is 7.48. The molecule has 0 radical (unpaired) electrons. The second kappa shape index (κ2) is 11.1. The monoisotopic (exact) mass is 314 g/mol. The Morgan fingerprint density at radius 2 is 1.82 bits per heavy atom. The van der Waals surface area contributed by atoms with Crippen molar-refractivity contribution in [2.24, 2.45) is 0 Å². The first-order valence-corrected chi connectivity index (χ1v) is 7.48. The number of carbonyl (C=O) groups excluding carboxylic acids is 1. The third-order valence-corrected chi connectivity index (χ3v) is 2.70. The van der Waals surface area contributed by atoms with Gasteiger partial charge in [-0.05, 0) is 13.8 Å². The van der Waals surface area contributed by atoms with Gasteiger partial charge in [0.15, 0.2) is 0 Å². The van der Waals surface area contributed by atoms with Gasteiger partial charge in [-0.1, -0.05) is 5.21 Å². The van der Waals surface area contributed by atoms with E-state index in [0.717, 1.165) is 5.69 Å². The van der Waals surface area contributed by atoms with Crippen LogP contribution in [0.15, 0.2) is 6.20 Å². The summed E-state index contributed by atoms with van der Waals surface area (Å²) in [5.41, 5.74) is 0.815. The van der Waals surface area contributed by atoms with Crippen molar-refractivity contribution in [3.63, 3.8) is 0 Å². The van der Waals surface area contributed by atoms with Crippen LogP contribution in [0.25, 0.3) is 0 Å². The first-order chi connectivity index (χ1) is 10.6. The molecule has 1 rings (SSSR count). The van der Waals surface area contributed by atoms with Crippen molar-refractivity contribution in [2.45, 2.75) is 33.4 Å². The molecule has 0 aromatic carbocycles. The van der Waals surface area contributed by atoms with Gasteiger partial charge in [0.05, 0.1) is 45.8 Å². The maximum atomic E-state index is 10.6. The summed E-state index contributed by atoms with van der Waals surface area (Å²) in [7, 11) is 0. The third kappa shape index (κ3) is 8.71. The Morgan fingerprint density at radius 1 is 1.18 bits per heavy atom. The molecule has 1 aromatic heterocycles. The number of nitrogens with one attached hydrogen (secondary N) is 1. The van der Waals surface area contributed by atoms with Gasteiger partial charge in [-0.25, -0.2) is 4.68 Å². The number of hydrogen-bond donors (Lipinski definition) is 1. The highest BCUT2D eigenvalue weighted by Gasteiger charge is 2.03. The van der Waals surface area contributed by atoms with Crippen molar-refractivity contribution in [2.75, 3.05) is 39.6 Å². The lowest BCUT2D eigenvalue weighted by Crippen LogP contribution is -2.25. The van der Waals surface area contributed by atoms with E-state index in [1.165, 1.54) is 6.92 Å². The number of nitrogens with zero attached hydrogens (tertiary/aromatic N) is 3. The quantitative estimate of drug-likeness (QED) is 0.567. The van der Waals surface area contributed by atoms with Gasteiger partial charge in [0.1, 0.15) is 5.69 Å². The molecule has 0 aliphatic carbocycles. The standard InChI is InChI=1S/C14H26N4O4/c1-12(2)18-10-14(16-17-18)11-22-9-8-21-7-6-20-5-4-15-13(3)19/h10,12H,4-9,11H2,1-3H3,(H,15,19). The molecule has 0 bridgehead atoms. The zero-order valence-corrected chi connectivity index (χ0v) is 13.6. The summed E-state index contributed by atoms with van der Waals surface area (Å²) >= 11 is 0. The van der Waals surface area contributed by atoms with Crippen LogP contribution in [0.2, 0.25) is 0 Å². The lowest BCUT2D eigenvalue weighted by molar-refractivity contribution is -0.119. The molecule has 8 nitrogen and oxygen atoms in total. The van der Waals surface area contributed by atoms with Crippen LogP contribution >= 0.6 is 0 Å². The number of aromatic nitrogens is 3. The Kier molecular flexibility index (Phi) is 9.36. The molecule has 0 saturated heterocycles. The summed E-state index contributed by atoms with van der Waals surface area (Å²) in [4.78, 5) is 10.6. The number of carbonyl (C=O) groups is 1. The van der Waals surface area contributed by atoms with Crippen molar-refractivity contribution in [3.8, 4) is 0 Å². The van der Waals surface area contributed by atoms with Gasteiger partial charge in [0, 0.05) is 19.5 Å². The molecule has 0 atom stereocenters. The molecule has 1 heterocycles. The van der Waals surface area contributed by atoms with Crippen molar-refractivity contribution < 1.29 is 19.0 Å². The predicted molar refractivity (Wildman–Crippen MR) is 80.4 cm³/mol. The van der Waals surface area contributed by atoms with Gasteiger partial charge >= 0.3 is 0 Å². The Bertz CT molecular complexity index is 423. The molecule has 8 heteroatoms. The largest absolute Gasteiger partial charge is 0.377 e. The summed E-state index contributed by atoms with van der Waals surface area (Å²) in [6, 6.07) is 0.301. The molecule has 0 saturated carbocycles. The van der Waals surface area contributed by atoms with Crippen LogP contribution < -0.4 is 5.32 Å². The molecule has 126 valence electrons. The molecule has 0 aliphatic heterocycles. The first kappa shape index (κ1) is 18.5. The summed E-state index contributed by atoms with van der Waals surface area (Å²) in [5, 5.41) is 10.7. The maximum Gasteiger partial charge on any atom is 0.216 e. The lowest BCUT2D eigenvalue weighted by atomic mass is 10.4. The fourth-order valence-corrected chi connectivity index (χ4v) is 1.55. The number of ether oxygens (including phenoxy) is 3. The van der Waals surface area contributed by atoms with Gasteiger partial charge in [0.25, 0.3) is 0 Å². The van der Waals surface area contributed by atoms with E-state index >= 15 is 0 Å². The highest BCUT2D eigenvalue weighted by atomic mass is 16.5. The van der Waals surface area contributed by atoms with Gasteiger partial charge in [-0.3, -0.25) is 4.79 Å². The molecule has 22 heavy (non-hydrogen) atoms. The maximum absolute atomic E-state index is 10.6. The molecule has 1 aromatic rings. The smallest absolute Gasteiger partial charge is 0.216 e. The summed E-state index contributed by atoms with van der Waals surface area (Å²) in [5.74, 6) is -0.0505. The van der Waals surface area contributed by atoms with Crippen molar-refractivity contribution in [3.05, 3.63) is 11.9 Å². The Balaban J connectivity index is 1.88. The fraction of sp³-hybridized carbons (Fsp3) is 0.786. The van der Waals surface area contributed by atoms with Gasteiger partial charge in [0.2, 0.25) is 5.91 Å².